The molecule has 23 heavy (non-hydrogen) atoms. The number of urea groups is 1. The van der Waals surface area contributed by atoms with Gasteiger partial charge in [-0.25, -0.2) is 9.18 Å². The first-order valence-electron chi connectivity index (χ1n) is 7.30. The third kappa shape index (κ3) is 4.10. The van der Waals surface area contributed by atoms with E-state index < -0.39 is 17.4 Å². The summed E-state index contributed by atoms with van der Waals surface area (Å²) in [5, 5.41) is 15.7. The third-order valence-corrected chi connectivity index (χ3v) is 3.66. The summed E-state index contributed by atoms with van der Waals surface area (Å²) in [6.07, 6.45) is 0. The van der Waals surface area contributed by atoms with Crippen molar-refractivity contribution in [1.29, 1.82) is 0 Å². The number of rotatable bonds is 4. The van der Waals surface area contributed by atoms with Crippen LogP contribution >= 0.6 is 0 Å². The average molecular weight is 320 g/mol. The first kappa shape index (κ1) is 17.0. The number of benzene rings is 1. The van der Waals surface area contributed by atoms with Crippen LogP contribution in [0.15, 0.2) is 28.7 Å². The Hall–Kier alpha value is -2.34. The smallest absolute Gasteiger partial charge is 0.319 e. The summed E-state index contributed by atoms with van der Waals surface area (Å²) >= 11 is 0. The lowest BCUT2D eigenvalue weighted by atomic mass is 9.96. The molecule has 1 atom stereocenters. The van der Waals surface area contributed by atoms with Crippen LogP contribution in [0.5, 0.6) is 0 Å². The summed E-state index contributed by atoms with van der Waals surface area (Å²) in [4.78, 5) is 12.0. The highest BCUT2D eigenvalue weighted by atomic mass is 19.1. The molecule has 6 heteroatoms. The second kappa shape index (κ2) is 6.42. The SMILES string of the molecule is Cc1cc(C(C)(O)CNC(=O)Nc2cc(F)ccc2C)c(C)o1. The Labute approximate surface area is 134 Å². The fourth-order valence-electron chi connectivity index (χ4n) is 2.41. The predicted octanol–water partition coefficient (Wildman–Crippen LogP) is 3.37. The fraction of sp³-hybridized carbons (Fsp3) is 0.353. The van der Waals surface area contributed by atoms with E-state index in [1.807, 2.05) is 0 Å². The van der Waals surface area contributed by atoms with E-state index in [4.69, 9.17) is 4.42 Å². The van der Waals surface area contributed by atoms with Crippen LogP contribution in [0.1, 0.15) is 29.6 Å². The van der Waals surface area contributed by atoms with E-state index >= 15 is 0 Å². The molecule has 0 aliphatic rings. The van der Waals surface area contributed by atoms with Crippen LogP contribution in [0.25, 0.3) is 0 Å². The minimum absolute atomic E-state index is 0.00693. The van der Waals surface area contributed by atoms with Gasteiger partial charge in [-0.1, -0.05) is 6.07 Å². The molecule has 1 heterocycles. The molecule has 0 spiro atoms. The number of hydrogen-bond donors (Lipinski definition) is 3. The number of aliphatic hydroxyl groups is 1. The predicted molar refractivity (Wildman–Crippen MR) is 85.9 cm³/mol. The maximum absolute atomic E-state index is 13.2. The van der Waals surface area contributed by atoms with E-state index in [-0.39, 0.29) is 6.54 Å². The zero-order valence-electron chi connectivity index (χ0n) is 13.7. The van der Waals surface area contributed by atoms with Crippen LogP contribution in [-0.2, 0) is 5.60 Å². The highest BCUT2D eigenvalue weighted by Crippen LogP contribution is 2.26. The van der Waals surface area contributed by atoms with Gasteiger partial charge in [0.2, 0.25) is 0 Å². The van der Waals surface area contributed by atoms with Gasteiger partial charge in [0.15, 0.2) is 0 Å². The Kier molecular flexibility index (Phi) is 4.75. The number of anilines is 1. The quantitative estimate of drug-likeness (QED) is 0.808. The van der Waals surface area contributed by atoms with Crippen molar-refractivity contribution in [3.8, 4) is 0 Å². The van der Waals surface area contributed by atoms with E-state index in [0.29, 0.717) is 22.8 Å². The maximum atomic E-state index is 13.2. The Morgan fingerprint density at radius 2 is 2.00 bits per heavy atom. The molecule has 0 aliphatic heterocycles. The van der Waals surface area contributed by atoms with E-state index in [2.05, 4.69) is 10.6 Å². The summed E-state index contributed by atoms with van der Waals surface area (Å²) in [6, 6.07) is 5.38. The van der Waals surface area contributed by atoms with Gasteiger partial charge in [-0.05, 0) is 51.5 Å². The lowest BCUT2D eigenvalue weighted by molar-refractivity contribution is 0.0584. The van der Waals surface area contributed by atoms with E-state index in [9.17, 15) is 14.3 Å². The normalized spacial score (nSPS) is 13.5. The largest absolute Gasteiger partial charge is 0.466 e. The number of hydrogen-bond acceptors (Lipinski definition) is 3. The molecule has 5 nitrogen and oxygen atoms in total. The molecule has 0 fully saturated rings. The zero-order chi connectivity index (χ0) is 17.2. The van der Waals surface area contributed by atoms with Crippen LogP contribution in [0.4, 0.5) is 14.9 Å². The van der Waals surface area contributed by atoms with Gasteiger partial charge in [0.25, 0.3) is 0 Å². The molecular formula is C17H21FN2O3. The minimum atomic E-state index is -1.27. The monoisotopic (exact) mass is 320 g/mol. The topological polar surface area (TPSA) is 74.5 Å². The summed E-state index contributed by atoms with van der Waals surface area (Å²) in [5.41, 5.74) is 0.486. The standard InChI is InChI=1S/C17H21FN2O3/c1-10-5-6-13(18)8-15(10)20-16(21)19-9-17(4,22)14-7-11(2)23-12(14)3/h5-8,22H,9H2,1-4H3,(H2,19,20,21). The van der Waals surface area contributed by atoms with Crippen molar-refractivity contribution in [1.82, 2.24) is 5.32 Å². The summed E-state index contributed by atoms with van der Waals surface area (Å²) in [5.74, 6) is 0.871. The lowest BCUT2D eigenvalue weighted by Gasteiger charge is -2.23. The van der Waals surface area contributed by atoms with Crippen LogP contribution in [0, 0.1) is 26.6 Å². The lowest BCUT2D eigenvalue weighted by Crippen LogP contribution is -2.40. The van der Waals surface area contributed by atoms with Crippen LogP contribution in [0.2, 0.25) is 0 Å². The number of carbonyl (C=O) groups is 1. The number of nitrogens with one attached hydrogen (secondary N) is 2. The summed E-state index contributed by atoms with van der Waals surface area (Å²) in [6.45, 7) is 6.90. The Morgan fingerprint density at radius 1 is 1.30 bits per heavy atom. The third-order valence-electron chi connectivity index (χ3n) is 3.66. The minimum Gasteiger partial charge on any atom is -0.466 e. The number of amides is 2. The first-order chi connectivity index (χ1) is 10.7. The van der Waals surface area contributed by atoms with Crippen molar-refractivity contribution >= 4 is 11.7 Å². The molecule has 0 aliphatic carbocycles. The van der Waals surface area contributed by atoms with Gasteiger partial charge >= 0.3 is 6.03 Å². The van der Waals surface area contributed by atoms with Crippen molar-refractivity contribution in [2.45, 2.75) is 33.3 Å². The molecule has 124 valence electrons. The van der Waals surface area contributed by atoms with E-state index in [0.717, 1.165) is 5.56 Å². The molecule has 1 aromatic heterocycles. The second-order valence-corrected chi connectivity index (χ2v) is 5.87. The Bertz CT molecular complexity index is 723. The number of halogens is 1. The molecule has 0 saturated heterocycles. The van der Waals surface area contributed by atoms with Crippen LogP contribution in [-0.4, -0.2) is 17.7 Å². The number of furan rings is 1. The van der Waals surface area contributed by atoms with Gasteiger partial charge in [-0.15, -0.1) is 0 Å². The number of aryl methyl sites for hydroxylation is 3. The molecule has 0 radical (unpaired) electrons. The van der Waals surface area contributed by atoms with Gasteiger partial charge in [-0.3, -0.25) is 0 Å². The van der Waals surface area contributed by atoms with Gasteiger partial charge in [0.1, 0.15) is 22.9 Å². The fourth-order valence-corrected chi connectivity index (χ4v) is 2.41. The summed E-state index contributed by atoms with van der Waals surface area (Å²) in [7, 11) is 0. The maximum Gasteiger partial charge on any atom is 0.319 e. The van der Waals surface area contributed by atoms with Gasteiger partial charge in [0.05, 0.1) is 6.54 Å². The van der Waals surface area contributed by atoms with Crippen molar-refractivity contribution in [3.63, 3.8) is 0 Å². The highest BCUT2D eigenvalue weighted by molar-refractivity contribution is 5.90. The molecule has 0 bridgehead atoms. The highest BCUT2D eigenvalue weighted by Gasteiger charge is 2.28. The summed E-state index contributed by atoms with van der Waals surface area (Å²) < 4.78 is 18.6. The average Bonchev–Trinajstić information content (AvgIpc) is 2.80. The van der Waals surface area contributed by atoms with Crippen LogP contribution in [0.3, 0.4) is 0 Å². The molecule has 1 unspecified atom stereocenters. The molecule has 2 rings (SSSR count). The van der Waals surface area contributed by atoms with Gasteiger partial charge in [0, 0.05) is 11.3 Å². The van der Waals surface area contributed by atoms with E-state index in [1.54, 1.807) is 39.8 Å². The van der Waals surface area contributed by atoms with Crippen molar-refractivity contribution in [3.05, 3.63) is 52.7 Å². The second-order valence-electron chi connectivity index (χ2n) is 5.87. The molecule has 2 amide bonds. The van der Waals surface area contributed by atoms with Gasteiger partial charge < -0.3 is 20.2 Å². The Morgan fingerprint density at radius 3 is 2.61 bits per heavy atom. The van der Waals surface area contributed by atoms with Crippen molar-refractivity contribution in [2.24, 2.45) is 0 Å². The Balaban J connectivity index is 2.01. The zero-order valence-corrected chi connectivity index (χ0v) is 13.7. The molecule has 1 aromatic carbocycles. The van der Waals surface area contributed by atoms with Crippen LogP contribution < -0.4 is 10.6 Å². The van der Waals surface area contributed by atoms with Crippen molar-refractivity contribution in [2.75, 3.05) is 11.9 Å². The number of carbonyl (C=O) groups excluding carboxylic acids is 1. The van der Waals surface area contributed by atoms with Gasteiger partial charge in [-0.2, -0.15) is 0 Å². The van der Waals surface area contributed by atoms with E-state index in [1.165, 1.54) is 12.1 Å². The molecule has 2 aromatic rings. The van der Waals surface area contributed by atoms with Crippen molar-refractivity contribution < 1.29 is 18.7 Å². The molecule has 3 N–H and O–H groups in total. The first-order valence-corrected chi connectivity index (χ1v) is 7.30. The molecular weight excluding hydrogens is 299 g/mol. The molecule has 0 saturated carbocycles.